The highest BCUT2D eigenvalue weighted by molar-refractivity contribution is 6.24. The molecule has 0 bridgehead atoms. The Kier molecular flexibility index (Phi) is 4.78. The number of aryl methyl sites for hydroxylation is 1. The van der Waals surface area contributed by atoms with Gasteiger partial charge in [-0.05, 0) is 19.1 Å². The largest absolute Gasteiger partial charge is 0.493 e. The van der Waals surface area contributed by atoms with Gasteiger partial charge < -0.3 is 14.8 Å². The Morgan fingerprint density at radius 1 is 1.20 bits per heavy atom. The number of methoxy groups -OCH3 is 2. The summed E-state index contributed by atoms with van der Waals surface area (Å²) in [5.74, 6) is 0.0869. The van der Waals surface area contributed by atoms with Gasteiger partial charge in [0, 0.05) is 19.3 Å². The van der Waals surface area contributed by atoms with Gasteiger partial charge in [-0.1, -0.05) is 6.07 Å². The number of ether oxygens (including phenoxy) is 2. The predicted octanol–water partition coefficient (Wildman–Crippen LogP) is 1.15. The van der Waals surface area contributed by atoms with Crippen molar-refractivity contribution in [1.29, 1.82) is 0 Å². The first-order valence-electron chi connectivity index (χ1n) is 9.01. The number of amidine groups is 1. The molecule has 0 radical (unpaired) electrons. The summed E-state index contributed by atoms with van der Waals surface area (Å²) in [7, 11) is 4.64. The average Bonchev–Trinajstić information content (AvgIpc) is 3.29. The van der Waals surface area contributed by atoms with Crippen molar-refractivity contribution in [3.8, 4) is 11.5 Å². The van der Waals surface area contributed by atoms with E-state index >= 15 is 0 Å². The van der Waals surface area contributed by atoms with E-state index < -0.39 is 17.7 Å². The summed E-state index contributed by atoms with van der Waals surface area (Å²) >= 11 is 0. The highest BCUT2D eigenvalue weighted by Crippen LogP contribution is 2.31. The molecule has 0 saturated heterocycles. The van der Waals surface area contributed by atoms with Crippen molar-refractivity contribution in [1.82, 2.24) is 14.8 Å². The van der Waals surface area contributed by atoms with Crippen LogP contribution < -0.4 is 14.8 Å². The molecule has 2 amide bonds. The van der Waals surface area contributed by atoms with Gasteiger partial charge in [-0.2, -0.15) is 24.9 Å². The maximum Gasteiger partial charge on any atom is 0.265 e. The Hall–Kier alpha value is -4.02. The van der Waals surface area contributed by atoms with Crippen molar-refractivity contribution in [2.45, 2.75) is 6.92 Å². The highest BCUT2D eigenvalue weighted by atomic mass is 16.5. The molecule has 1 N–H and O–H groups in total. The fourth-order valence-corrected chi connectivity index (χ4v) is 3.19. The molecule has 2 aromatic rings. The number of hydrazone groups is 1. The summed E-state index contributed by atoms with van der Waals surface area (Å²) in [6.07, 6.45) is 1.49. The molecule has 2 aliphatic rings. The zero-order valence-corrected chi connectivity index (χ0v) is 16.8. The summed E-state index contributed by atoms with van der Waals surface area (Å²) in [6, 6.07) is 6.64. The van der Waals surface area contributed by atoms with E-state index in [1.807, 2.05) is 0 Å². The predicted molar refractivity (Wildman–Crippen MR) is 109 cm³/mol. The van der Waals surface area contributed by atoms with Crippen molar-refractivity contribution in [2.24, 2.45) is 21.0 Å². The third kappa shape index (κ3) is 3.19. The monoisotopic (exact) mass is 409 g/mol. The summed E-state index contributed by atoms with van der Waals surface area (Å²) in [5.41, 5.74) is 0.885. The number of carbonyl (C=O) groups is 2. The van der Waals surface area contributed by atoms with Crippen LogP contribution in [0.5, 0.6) is 11.5 Å². The Morgan fingerprint density at radius 2 is 2.00 bits per heavy atom. The molecule has 1 aromatic heterocycles. The van der Waals surface area contributed by atoms with E-state index in [-0.39, 0.29) is 11.5 Å². The van der Waals surface area contributed by atoms with E-state index in [1.54, 1.807) is 38.2 Å². The number of rotatable bonds is 4. The first kappa shape index (κ1) is 19.3. The lowest BCUT2D eigenvalue weighted by atomic mass is 10.1. The van der Waals surface area contributed by atoms with Gasteiger partial charge in [-0.15, -0.1) is 0 Å². The number of carbonyl (C=O) groups excluding carboxylic acids is 2. The molecule has 30 heavy (non-hydrogen) atoms. The topological polar surface area (TPSA) is 123 Å². The smallest absolute Gasteiger partial charge is 0.265 e. The molecule has 3 heterocycles. The molecule has 11 nitrogen and oxygen atoms in total. The van der Waals surface area contributed by atoms with E-state index in [0.29, 0.717) is 28.8 Å². The molecule has 0 saturated carbocycles. The molecular weight excluding hydrogens is 390 g/mol. The number of nitrogens with one attached hydrogen (secondary N) is 1. The van der Waals surface area contributed by atoms with Crippen molar-refractivity contribution in [3.05, 3.63) is 35.5 Å². The van der Waals surface area contributed by atoms with Gasteiger partial charge in [0.2, 0.25) is 0 Å². The second-order valence-electron chi connectivity index (χ2n) is 6.56. The van der Waals surface area contributed by atoms with Crippen molar-refractivity contribution < 1.29 is 19.1 Å². The lowest BCUT2D eigenvalue weighted by Crippen LogP contribution is -2.35. The van der Waals surface area contributed by atoms with E-state index in [9.17, 15) is 9.59 Å². The maximum atomic E-state index is 12.9. The molecule has 0 spiro atoms. The average molecular weight is 409 g/mol. The number of anilines is 1. The SMILES string of the molecule is COc1cccc(C(=O)Nc2cc(C)nn2C2=NC(=O)C3C=NN(C)C3=N2)c1OC. The summed E-state index contributed by atoms with van der Waals surface area (Å²) < 4.78 is 11.9. The van der Waals surface area contributed by atoms with Crippen LogP contribution in [0.1, 0.15) is 16.1 Å². The van der Waals surface area contributed by atoms with Crippen molar-refractivity contribution in [2.75, 3.05) is 26.6 Å². The number of nitrogens with zero attached hydrogens (tertiary/aromatic N) is 6. The van der Waals surface area contributed by atoms with Gasteiger partial charge in [-0.3, -0.25) is 14.6 Å². The lowest BCUT2D eigenvalue weighted by molar-refractivity contribution is -0.118. The normalized spacial score (nSPS) is 17.4. The number of hydrogen-bond acceptors (Lipinski definition) is 8. The van der Waals surface area contributed by atoms with Gasteiger partial charge >= 0.3 is 0 Å². The first-order chi connectivity index (χ1) is 14.4. The molecular formula is C19H19N7O4. The number of hydrogen-bond donors (Lipinski definition) is 1. The molecule has 4 rings (SSSR count). The summed E-state index contributed by atoms with van der Waals surface area (Å²) in [6.45, 7) is 1.75. The Bertz CT molecular complexity index is 1130. The third-order valence-electron chi connectivity index (χ3n) is 4.60. The third-order valence-corrected chi connectivity index (χ3v) is 4.60. The Labute approximate surface area is 171 Å². The minimum Gasteiger partial charge on any atom is -0.493 e. The number of aromatic nitrogens is 2. The molecule has 1 unspecified atom stereocenters. The van der Waals surface area contributed by atoms with E-state index in [0.717, 1.165) is 0 Å². The van der Waals surface area contributed by atoms with Crippen LogP contribution in [0.4, 0.5) is 5.82 Å². The number of aliphatic imine (C=N–C) groups is 2. The zero-order valence-electron chi connectivity index (χ0n) is 16.8. The molecule has 11 heteroatoms. The summed E-state index contributed by atoms with van der Waals surface area (Å²) in [5, 5.41) is 12.7. The van der Waals surface area contributed by atoms with Crippen LogP contribution in [0.25, 0.3) is 0 Å². The maximum absolute atomic E-state index is 12.9. The molecule has 1 aromatic carbocycles. The number of benzene rings is 1. The van der Waals surface area contributed by atoms with Crippen molar-refractivity contribution in [3.63, 3.8) is 0 Å². The van der Waals surface area contributed by atoms with Gasteiger partial charge in [-0.25, -0.2) is 0 Å². The van der Waals surface area contributed by atoms with Crippen LogP contribution in [0.3, 0.4) is 0 Å². The van der Waals surface area contributed by atoms with Crippen LogP contribution in [0.2, 0.25) is 0 Å². The molecule has 154 valence electrons. The minimum absolute atomic E-state index is 0.0459. The first-order valence-corrected chi connectivity index (χ1v) is 9.01. The zero-order chi connectivity index (χ0) is 21.4. The lowest BCUT2D eigenvalue weighted by Gasteiger charge is -2.17. The fraction of sp³-hybridized carbons (Fsp3) is 0.263. The second kappa shape index (κ2) is 7.43. The van der Waals surface area contributed by atoms with Gasteiger partial charge in [0.05, 0.1) is 25.5 Å². The van der Waals surface area contributed by atoms with Crippen LogP contribution in [-0.2, 0) is 4.79 Å². The minimum atomic E-state index is -0.602. The van der Waals surface area contributed by atoms with Crippen molar-refractivity contribution >= 4 is 35.6 Å². The number of fused-ring (bicyclic) bond motifs is 1. The number of amides is 2. The van der Waals surface area contributed by atoms with Gasteiger partial charge in [0.15, 0.2) is 11.5 Å². The van der Waals surface area contributed by atoms with Crippen LogP contribution >= 0.6 is 0 Å². The van der Waals surface area contributed by atoms with Gasteiger partial charge in [0.1, 0.15) is 17.6 Å². The van der Waals surface area contributed by atoms with E-state index in [4.69, 9.17) is 9.47 Å². The van der Waals surface area contributed by atoms with Crippen LogP contribution in [0.15, 0.2) is 39.4 Å². The fourth-order valence-electron chi connectivity index (χ4n) is 3.19. The molecule has 2 aliphatic heterocycles. The Morgan fingerprint density at radius 3 is 2.73 bits per heavy atom. The summed E-state index contributed by atoms with van der Waals surface area (Å²) in [4.78, 5) is 33.8. The quantitative estimate of drug-likeness (QED) is 0.808. The van der Waals surface area contributed by atoms with E-state index in [1.165, 1.54) is 30.1 Å². The number of para-hydroxylation sites is 1. The molecule has 0 fully saturated rings. The standard InChI is InChI=1S/C19H19N7O4/c1-10-8-14(21-17(27)11-6-5-7-13(29-3)15(11)30-4)26(24-10)19-22-16-12(18(28)23-19)9-20-25(16)2/h5-9,12H,1-4H3,(H,21,27). The molecule has 1 atom stereocenters. The Balaban J connectivity index is 1.68. The molecule has 0 aliphatic carbocycles. The highest BCUT2D eigenvalue weighted by Gasteiger charge is 2.35. The second-order valence-corrected chi connectivity index (χ2v) is 6.56. The van der Waals surface area contributed by atoms with E-state index in [2.05, 4.69) is 25.5 Å². The van der Waals surface area contributed by atoms with Gasteiger partial charge in [0.25, 0.3) is 17.8 Å². The van der Waals surface area contributed by atoms with Crippen LogP contribution in [0, 0.1) is 12.8 Å². The van der Waals surface area contributed by atoms with Crippen LogP contribution in [-0.4, -0.2) is 65.9 Å².